The molecule has 0 fully saturated rings. The van der Waals surface area contributed by atoms with E-state index >= 15 is 0 Å². The number of nitrogens with zero attached hydrogens (tertiary/aromatic N) is 1. The van der Waals surface area contributed by atoms with Crippen LogP contribution in [-0.4, -0.2) is 9.97 Å². The monoisotopic (exact) mass is 420 g/mol. The largest absolute Gasteiger partial charge is 0.489 e. The molecule has 0 saturated carbocycles. The highest BCUT2D eigenvalue weighted by molar-refractivity contribution is 5.81. The SMILES string of the molecule is Fc1ccc(COc2cccc(-c3nc(-c4ccccc4)c(-c4ccccc4)[nH]3)c2)cc1. The van der Waals surface area contributed by atoms with Crippen LogP contribution in [-0.2, 0) is 6.61 Å². The number of benzene rings is 4. The molecule has 0 unspecified atom stereocenters. The van der Waals surface area contributed by atoms with Crippen LogP contribution in [0.4, 0.5) is 4.39 Å². The fraction of sp³-hybridized carbons (Fsp3) is 0.0357. The van der Waals surface area contributed by atoms with E-state index in [4.69, 9.17) is 9.72 Å². The second-order valence-corrected chi connectivity index (χ2v) is 7.48. The van der Waals surface area contributed by atoms with E-state index in [0.29, 0.717) is 6.61 Å². The number of H-pyrrole nitrogens is 1. The molecular formula is C28H21FN2O. The van der Waals surface area contributed by atoms with Crippen molar-refractivity contribution in [3.8, 4) is 39.7 Å². The predicted molar refractivity (Wildman–Crippen MR) is 126 cm³/mol. The Morgan fingerprint density at radius 3 is 2.06 bits per heavy atom. The van der Waals surface area contributed by atoms with Gasteiger partial charge in [-0.15, -0.1) is 0 Å². The Morgan fingerprint density at radius 2 is 1.34 bits per heavy atom. The van der Waals surface area contributed by atoms with Gasteiger partial charge in [-0.25, -0.2) is 9.37 Å². The van der Waals surface area contributed by atoms with Crippen LogP contribution in [0.3, 0.4) is 0 Å². The summed E-state index contributed by atoms with van der Waals surface area (Å²) in [4.78, 5) is 8.46. The quantitative estimate of drug-likeness (QED) is 0.317. The summed E-state index contributed by atoms with van der Waals surface area (Å²) < 4.78 is 19.1. The molecule has 0 aliphatic heterocycles. The first-order valence-electron chi connectivity index (χ1n) is 10.4. The van der Waals surface area contributed by atoms with Gasteiger partial charge in [-0.2, -0.15) is 0 Å². The van der Waals surface area contributed by atoms with Crippen molar-refractivity contribution in [3.63, 3.8) is 0 Å². The molecule has 1 N–H and O–H groups in total. The molecule has 5 rings (SSSR count). The molecule has 1 aromatic heterocycles. The Labute approximate surface area is 186 Å². The first-order valence-corrected chi connectivity index (χ1v) is 10.4. The van der Waals surface area contributed by atoms with Crippen molar-refractivity contribution < 1.29 is 9.13 Å². The Morgan fingerprint density at radius 1 is 0.688 bits per heavy atom. The molecule has 0 radical (unpaired) electrons. The van der Waals surface area contributed by atoms with Crippen molar-refractivity contribution >= 4 is 0 Å². The number of nitrogens with one attached hydrogen (secondary N) is 1. The normalized spacial score (nSPS) is 10.8. The van der Waals surface area contributed by atoms with E-state index in [1.54, 1.807) is 12.1 Å². The highest BCUT2D eigenvalue weighted by Gasteiger charge is 2.15. The molecule has 3 nitrogen and oxygen atoms in total. The first kappa shape index (κ1) is 19.8. The second kappa shape index (κ2) is 8.90. The van der Waals surface area contributed by atoms with Crippen molar-refractivity contribution in [2.45, 2.75) is 6.61 Å². The molecule has 0 aliphatic rings. The van der Waals surface area contributed by atoms with E-state index in [-0.39, 0.29) is 5.82 Å². The van der Waals surface area contributed by atoms with Crippen LogP contribution in [0.2, 0.25) is 0 Å². The summed E-state index contributed by atoms with van der Waals surface area (Å²) in [5, 5.41) is 0. The van der Waals surface area contributed by atoms with E-state index in [0.717, 1.165) is 45.2 Å². The summed E-state index contributed by atoms with van der Waals surface area (Å²) >= 11 is 0. The molecule has 0 atom stereocenters. The van der Waals surface area contributed by atoms with Crippen LogP contribution in [0.15, 0.2) is 109 Å². The van der Waals surface area contributed by atoms with E-state index in [9.17, 15) is 4.39 Å². The number of hydrogen-bond donors (Lipinski definition) is 1. The predicted octanol–water partition coefficient (Wildman–Crippen LogP) is 7.13. The third-order valence-corrected chi connectivity index (χ3v) is 5.24. The Bertz CT molecular complexity index is 1260. The Hall–Kier alpha value is -4.18. The highest BCUT2D eigenvalue weighted by Crippen LogP contribution is 2.33. The Kier molecular flexibility index (Phi) is 5.50. The molecule has 0 amide bonds. The van der Waals surface area contributed by atoms with Crippen molar-refractivity contribution in [2.24, 2.45) is 0 Å². The molecule has 0 aliphatic carbocycles. The lowest BCUT2D eigenvalue weighted by atomic mass is 10.1. The van der Waals surface area contributed by atoms with Crippen molar-refractivity contribution in [2.75, 3.05) is 0 Å². The number of hydrogen-bond acceptors (Lipinski definition) is 2. The summed E-state index contributed by atoms with van der Waals surface area (Å²) in [5.41, 5.74) is 5.86. The van der Waals surface area contributed by atoms with Crippen LogP contribution < -0.4 is 4.74 Å². The van der Waals surface area contributed by atoms with E-state index in [1.165, 1.54) is 12.1 Å². The van der Waals surface area contributed by atoms with Crippen LogP contribution in [0.1, 0.15) is 5.56 Å². The lowest BCUT2D eigenvalue weighted by molar-refractivity contribution is 0.306. The molecular weight excluding hydrogens is 399 g/mol. The summed E-state index contributed by atoms with van der Waals surface area (Å²) in [6.07, 6.45) is 0. The third-order valence-electron chi connectivity index (χ3n) is 5.24. The Balaban J connectivity index is 1.47. The molecule has 1 heterocycles. The maximum Gasteiger partial charge on any atom is 0.138 e. The summed E-state index contributed by atoms with van der Waals surface area (Å²) in [5.74, 6) is 1.25. The van der Waals surface area contributed by atoms with Gasteiger partial charge in [0.05, 0.1) is 11.4 Å². The van der Waals surface area contributed by atoms with Gasteiger partial charge in [-0.1, -0.05) is 84.9 Å². The number of rotatable bonds is 6. The molecule has 0 saturated heterocycles. The molecule has 4 heteroatoms. The van der Waals surface area contributed by atoms with E-state index in [2.05, 4.69) is 29.2 Å². The van der Waals surface area contributed by atoms with Gasteiger partial charge in [0.25, 0.3) is 0 Å². The van der Waals surface area contributed by atoms with Crippen LogP contribution >= 0.6 is 0 Å². The van der Waals surface area contributed by atoms with Crippen molar-refractivity contribution in [1.29, 1.82) is 0 Å². The van der Waals surface area contributed by atoms with Gasteiger partial charge in [-0.05, 0) is 29.8 Å². The van der Waals surface area contributed by atoms with Gasteiger partial charge in [-0.3, -0.25) is 0 Å². The number of halogens is 1. The third kappa shape index (κ3) is 4.30. The van der Waals surface area contributed by atoms with Crippen LogP contribution in [0.5, 0.6) is 5.75 Å². The standard InChI is InChI=1S/C28H21FN2O/c29-24-16-14-20(15-17-24)19-32-25-13-7-12-23(18-25)28-30-26(21-8-3-1-4-9-21)27(31-28)22-10-5-2-6-11-22/h1-18H,19H2,(H,30,31). The van der Waals surface area contributed by atoms with E-state index in [1.807, 2.05) is 60.7 Å². The maximum atomic E-state index is 13.1. The molecule has 0 bridgehead atoms. The molecule has 156 valence electrons. The van der Waals surface area contributed by atoms with Crippen molar-refractivity contribution in [1.82, 2.24) is 9.97 Å². The topological polar surface area (TPSA) is 37.9 Å². The van der Waals surface area contributed by atoms with Gasteiger partial charge in [0, 0.05) is 16.7 Å². The maximum absolute atomic E-state index is 13.1. The smallest absolute Gasteiger partial charge is 0.138 e. The minimum atomic E-state index is -0.253. The lowest BCUT2D eigenvalue weighted by Gasteiger charge is -2.07. The zero-order valence-corrected chi connectivity index (χ0v) is 17.3. The molecule has 0 spiro atoms. The molecule has 5 aromatic rings. The van der Waals surface area contributed by atoms with Crippen molar-refractivity contribution in [3.05, 3.63) is 121 Å². The van der Waals surface area contributed by atoms with Gasteiger partial charge in [0.2, 0.25) is 0 Å². The van der Waals surface area contributed by atoms with Crippen LogP contribution in [0, 0.1) is 5.82 Å². The molecule has 32 heavy (non-hydrogen) atoms. The summed E-state index contributed by atoms with van der Waals surface area (Å²) in [6.45, 7) is 0.367. The zero-order valence-electron chi connectivity index (χ0n) is 17.3. The highest BCUT2D eigenvalue weighted by atomic mass is 19.1. The average molecular weight is 420 g/mol. The van der Waals surface area contributed by atoms with Gasteiger partial charge in [0.15, 0.2) is 0 Å². The summed E-state index contributed by atoms with van der Waals surface area (Å²) in [7, 11) is 0. The van der Waals surface area contributed by atoms with Gasteiger partial charge in [0.1, 0.15) is 24.0 Å². The number of aromatic amines is 1. The van der Waals surface area contributed by atoms with Gasteiger partial charge < -0.3 is 9.72 Å². The van der Waals surface area contributed by atoms with Gasteiger partial charge >= 0.3 is 0 Å². The fourth-order valence-electron chi connectivity index (χ4n) is 3.61. The molecule has 4 aromatic carbocycles. The number of ether oxygens (including phenoxy) is 1. The van der Waals surface area contributed by atoms with Crippen LogP contribution in [0.25, 0.3) is 33.9 Å². The van der Waals surface area contributed by atoms with E-state index < -0.39 is 0 Å². The minimum absolute atomic E-state index is 0.253. The number of aromatic nitrogens is 2. The lowest BCUT2D eigenvalue weighted by Crippen LogP contribution is -1.95. The zero-order chi connectivity index (χ0) is 21.8. The minimum Gasteiger partial charge on any atom is -0.489 e. The number of imidazole rings is 1. The average Bonchev–Trinajstić information content (AvgIpc) is 3.31. The summed E-state index contributed by atoms with van der Waals surface area (Å²) in [6, 6.07) is 34.5. The fourth-order valence-corrected chi connectivity index (χ4v) is 3.61. The first-order chi connectivity index (χ1) is 15.8. The second-order valence-electron chi connectivity index (χ2n) is 7.48.